The van der Waals surface area contributed by atoms with Crippen LogP contribution in [0, 0.1) is 5.82 Å². The van der Waals surface area contributed by atoms with E-state index in [4.69, 9.17) is 4.74 Å². The predicted molar refractivity (Wildman–Crippen MR) is 60.4 cm³/mol. The van der Waals surface area contributed by atoms with E-state index in [0.29, 0.717) is 17.8 Å². The first-order valence-corrected chi connectivity index (χ1v) is 5.33. The number of aryl methyl sites for hydroxylation is 1. The van der Waals surface area contributed by atoms with E-state index in [9.17, 15) is 17.3 Å². The van der Waals surface area contributed by atoms with Crippen molar-refractivity contribution < 1.29 is 73.5 Å². The van der Waals surface area contributed by atoms with Gasteiger partial charge in [0.05, 0.1) is 12.0 Å². The minimum absolute atomic E-state index is 0. The Morgan fingerprint density at radius 2 is 2.00 bits per heavy atom. The number of halogens is 4. The summed E-state index contributed by atoms with van der Waals surface area (Å²) >= 11 is 0. The number of benzene rings is 1. The van der Waals surface area contributed by atoms with Gasteiger partial charge >= 0.3 is 58.4 Å². The van der Waals surface area contributed by atoms with Crippen LogP contribution in [0.1, 0.15) is 5.69 Å². The van der Waals surface area contributed by atoms with Crippen LogP contribution in [0.4, 0.5) is 17.3 Å². The van der Waals surface area contributed by atoms with Gasteiger partial charge in [0.15, 0.2) is 0 Å². The second-order valence-corrected chi connectivity index (χ2v) is 3.93. The van der Waals surface area contributed by atoms with Crippen LogP contribution in [0.25, 0.3) is 0 Å². The van der Waals surface area contributed by atoms with Gasteiger partial charge < -0.3 is 17.7 Å². The molecular weight excluding hydrogens is 304 g/mol. The molecule has 0 unspecified atom stereocenters. The van der Waals surface area contributed by atoms with Gasteiger partial charge in [0.2, 0.25) is 0 Å². The Kier molecular flexibility index (Phi) is 6.20. The molecule has 0 aliphatic heterocycles. The van der Waals surface area contributed by atoms with E-state index in [1.807, 2.05) is 0 Å². The topological polar surface area (TPSA) is 39.9 Å². The molecule has 0 aliphatic carbocycles. The number of nitrogens with zero attached hydrogens (tertiary/aromatic N) is 3. The summed E-state index contributed by atoms with van der Waals surface area (Å²) in [6.45, 7) is -5.35. The van der Waals surface area contributed by atoms with Crippen LogP contribution >= 0.6 is 0 Å². The second-order valence-electron chi connectivity index (χ2n) is 3.93. The normalized spacial score (nSPS) is 11.1. The average Bonchev–Trinajstić information content (AvgIpc) is 2.71. The Morgan fingerprint density at radius 1 is 1.30 bits per heavy atom. The fourth-order valence-corrected chi connectivity index (χ4v) is 1.48. The Morgan fingerprint density at radius 3 is 2.50 bits per heavy atom. The number of hydrogen-bond acceptors (Lipinski definition) is 3. The Labute approximate surface area is 155 Å². The van der Waals surface area contributed by atoms with Gasteiger partial charge in [-0.3, -0.25) is 4.68 Å². The molecule has 102 valence electrons. The first-order valence-electron chi connectivity index (χ1n) is 5.33. The monoisotopic (exact) mass is 313 g/mol. The molecule has 1 aromatic carbocycles. The van der Waals surface area contributed by atoms with Crippen molar-refractivity contribution >= 4 is 12.4 Å². The molecule has 1 aromatic heterocycles. The minimum atomic E-state index is -5.36. The minimum Gasteiger partial charge on any atom is -0.487 e. The van der Waals surface area contributed by atoms with Crippen LogP contribution in [0.5, 0.6) is 5.75 Å². The third-order valence-corrected chi connectivity index (χ3v) is 2.36. The second kappa shape index (κ2) is 7.03. The summed E-state index contributed by atoms with van der Waals surface area (Å²) in [5, 5.41) is 7.39. The molecule has 0 atom stereocenters. The molecular formula is C10H9BF4KN3O. The molecule has 20 heavy (non-hydrogen) atoms. The van der Waals surface area contributed by atoms with Crippen molar-refractivity contribution in [1.82, 2.24) is 15.0 Å². The zero-order valence-electron chi connectivity index (χ0n) is 10.9. The third-order valence-electron chi connectivity index (χ3n) is 2.36. The van der Waals surface area contributed by atoms with Crippen molar-refractivity contribution in [1.29, 1.82) is 0 Å². The Hall–Kier alpha value is -0.419. The van der Waals surface area contributed by atoms with E-state index in [0.717, 1.165) is 6.07 Å². The summed E-state index contributed by atoms with van der Waals surface area (Å²) in [6, 6.07) is 2.45. The zero-order valence-corrected chi connectivity index (χ0v) is 14.0. The summed E-state index contributed by atoms with van der Waals surface area (Å²) in [5.41, 5.74) is -0.765. The van der Waals surface area contributed by atoms with Crippen molar-refractivity contribution in [3.63, 3.8) is 0 Å². The molecule has 4 nitrogen and oxygen atoms in total. The van der Waals surface area contributed by atoms with E-state index in [1.165, 1.54) is 4.68 Å². The first kappa shape index (κ1) is 17.6. The van der Waals surface area contributed by atoms with Gasteiger partial charge in [-0.15, -0.1) is 5.10 Å². The zero-order chi connectivity index (χ0) is 14.0. The Bertz CT molecular complexity index is 590. The van der Waals surface area contributed by atoms with E-state index in [-0.39, 0.29) is 63.7 Å². The van der Waals surface area contributed by atoms with E-state index < -0.39 is 18.3 Å². The van der Waals surface area contributed by atoms with Crippen LogP contribution in [-0.4, -0.2) is 22.0 Å². The summed E-state index contributed by atoms with van der Waals surface area (Å²) in [6.07, 6.45) is 1.59. The maximum Gasteiger partial charge on any atom is 1.00 e. The van der Waals surface area contributed by atoms with Crippen molar-refractivity contribution in [3.8, 4) is 5.75 Å². The average molecular weight is 313 g/mol. The van der Waals surface area contributed by atoms with Crippen LogP contribution in [0.15, 0.2) is 24.4 Å². The fraction of sp³-hybridized carbons (Fsp3) is 0.200. The summed E-state index contributed by atoms with van der Waals surface area (Å²) in [5.74, 6) is -1.34. The number of rotatable bonds is 4. The van der Waals surface area contributed by atoms with Crippen molar-refractivity contribution in [2.24, 2.45) is 7.05 Å². The molecule has 0 saturated heterocycles. The summed E-state index contributed by atoms with van der Waals surface area (Å²) < 4.78 is 57.0. The molecule has 1 heterocycles. The number of aromatic nitrogens is 3. The summed E-state index contributed by atoms with van der Waals surface area (Å²) in [7, 11) is 1.66. The molecule has 0 aliphatic rings. The van der Waals surface area contributed by atoms with Crippen LogP contribution in [0.3, 0.4) is 0 Å². The van der Waals surface area contributed by atoms with Crippen LogP contribution in [0.2, 0.25) is 0 Å². The van der Waals surface area contributed by atoms with E-state index >= 15 is 0 Å². The van der Waals surface area contributed by atoms with Gasteiger partial charge in [0.1, 0.15) is 18.1 Å². The Balaban J connectivity index is 0.00000200. The molecule has 2 rings (SSSR count). The molecule has 0 bridgehead atoms. The molecule has 0 N–H and O–H groups in total. The molecule has 0 spiro atoms. The SMILES string of the molecule is Cn1cc(COc2ccc([B-](F)(F)F)c(F)c2)nn1.[K+]. The standard InChI is InChI=1S/C10H9BF4N3O.K/c1-18-5-7(16-17-18)6-19-8-2-3-9(10(12)4-8)11(13,14)15;/h2-5H,6H2,1H3;/q-1;+1. The molecule has 0 radical (unpaired) electrons. The largest absolute Gasteiger partial charge is 1.00 e. The quantitative estimate of drug-likeness (QED) is 0.514. The van der Waals surface area contributed by atoms with Crippen molar-refractivity contribution in [2.45, 2.75) is 6.61 Å². The smallest absolute Gasteiger partial charge is 0.487 e. The molecule has 0 saturated carbocycles. The van der Waals surface area contributed by atoms with Crippen LogP contribution in [-0.2, 0) is 13.7 Å². The molecule has 0 amide bonds. The van der Waals surface area contributed by atoms with Gasteiger partial charge in [-0.2, -0.15) is 0 Å². The first-order chi connectivity index (χ1) is 8.86. The summed E-state index contributed by atoms with van der Waals surface area (Å²) in [4.78, 5) is 0. The number of hydrogen-bond donors (Lipinski definition) is 0. The van der Waals surface area contributed by atoms with Gasteiger partial charge in [-0.05, 0) is 6.07 Å². The van der Waals surface area contributed by atoms with Gasteiger partial charge in [0, 0.05) is 13.1 Å². The molecule has 0 fully saturated rings. The van der Waals surface area contributed by atoms with Crippen LogP contribution < -0.4 is 61.6 Å². The van der Waals surface area contributed by atoms with Crippen molar-refractivity contribution in [3.05, 3.63) is 35.9 Å². The van der Waals surface area contributed by atoms with Gasteiger partial charge in [0.25, 0.3) is 0 Å². The number of ether oxygens (including phenoxy) is 1. The maximum atomic E-state index is 13.3. The van der Waals surface area contributed by atoms with Gasteiger partial charge in [-0.25, -0.2) is 4.39 Å². The predicted octanol–water partition coefficient (Wildman–Crippen LogP) is -1.41. The van der Waals surface area contributed by atoms with Crippen molar-refractivity contribution in [2.75, 3.05) is 0 Å². The van der Waals surface area contributed by atoms with E-state index in [1.54, 1.807) is 13.2 Å². The third kappa shape index (κ3) is 4.55. The van der Waals surface area contributed by atoms with E-state index in [2.05, 4.69) is 10.3 Å². The molecule has 10 heteroatoms. The fourth-order valence-electron chi connectivity index (χ4n) is 1.48. The maximum absolute atomic E-state index is 13.3. The van der Waals surface area contributed by atoms with Gasteiger partial charge in [-0.1, -0.05) is 16.7 Å². The molecule has 2 aromatic rings.